The number of rotatable bonds is 5. The lowest BCUT2D eigenvalue weighted by molar-refractivity contribution is -0.131. The van der Waals surface area contributed by atoms with E-state index in [1.807, 2.05) is 6.92 Å². The largest absolute Gasteiger partial charge is 0.419 e. The number of hydrogen-bond acceptors (Lipinski definition) is 4. The van der Waals surface area contributed by atoms with E-state index in [4.69, 9.17) is 9.47 Å². The van der Waals surface area contributed by atoms with E-state index in [2.05, 4.69) is 19.7 Å². The molecule has 0 saturated carbocycles. The Balaban J connectivity index is 3.42. The van der Waals surface area contributed by atoms with E-state index in [-0.39, 0.29) is 11.5 Å². The molecule has 1 aromatic carbocycles. The molecule has 4 nitrogen and oxygen atoms in total. The predicted octanol–water partition coefficient (Wildman–Crippen LogP) is 3.13. The number of hydrogen-bond donors (Lipinski definition) is 0. The van der Waals surface area contributed by atoms with Crippen LogP contribution in [0.2, 0.25) is 0 Å². The van der Waals surface area contributed by atoms with Crippen molar-refractivity contribution >= 4 is 18.0 Å². The highest BCUT2D eigenvalue weighted by molar-refractivity contribution is 5.87. The van der Waals surface area contributed by atoms with Crippen LogP contribution in [0.25, 0.3) is 6.08 Å². The second kappa shape index (κ2) is 6.52. The van der Waals surface area contributed by atoms with E-state index in [9.17, 15) is 9.59 Å². The van der Waals surface area contributed by atoms with Crippen LogP contribution >= 0.6 is 0 Å². The smallest absolute Gasteiger partial charge is 0.335 e. The van der Waals surface area contributed by atoms with Crippen molar-refractivity contribution in [3.63, 3.8) is 0 Å². The third-order valence-corrected chi connectivity index (χ3v) is 2.81. The molecule has 0 N–H and O–H groups in total. The van der Waals surface area contributed by atoms with Gasteiger partial charge in [-0.2, -0.15) is 0 Å². The second-order valence-corrected chi connectivity index (χ2v) is 4.00. The molecule has 0 aliphatic heterocycles. The van der Waals surface area contributed by atoms with Gasteiger partial charge in [0.15, 0.2) is 11.5 Å². The second-order valence-electron chi connectivity index (χ2n) is 4.00. The van der Waals surface area contributed by atoms with Crippen molar-refractivity contribution in [3.05, 3.63) is 54.6 Å². The Morgan fingerprint density at radius 2 is 1.55 bits per heavy atom. The maximum atomic E-state index is 11.4. The average molecular weight is 272 g/mol. The van der Waals surface area contributed by atoms with E-state index in [1.54, 1.807) is 19.1 Å². The molecule has 0 unspecified atom stereocenters. The summed E-state index contributed by atoms with van der Waals surface area (Å²) in [6, 6.07) is 1.59. The van der Waals surface area contributed by atoms with Gasteiger partial charge in [-0.15, -0.1) is 0 Å². The number of ether oxygens (including phenoxy) is 2. The average Bonchev–Trinajstić information content (AvgIpc) is 2.45. The summed E-state index contributed by atoms with van der Waals surface area (Å²) in [5.74, 6) is -0.940. The van der Waals surface area contributed by atoms with Gasteiger partial charge < -0.3 is 9.47 Å². The van der Waals surface area contributed by atoms with Gasteiger partial charge in [0, 0.05) is 12.2 Å². The highest BCUT2D eigenvalue weighted by Crippen LogP contribution is 2.36. The van der Waals surface area contributed by atoms with E-state index in [1.165, 1.54) is 0 Å². The van der Waals surface area contributed by atoms with E-state index >= 15 is 0 Å². The van der Waals surface area contributed by atoms with Crippen molar-refractivity contribution in [2.24, 2.45) is 0 Å². The Morgan fingerprint density at radius 3 is 2.05 bits per heavy atom. The molecule has 0 fully saturated rings. The van der Waals surface area contributed by atoms with Crippen LogP contribution in [0.5, 0.6) is 11.5 Å². The fourth-order valence-corrected chi connectivity index (χ4v) is 1.59. The van der Waals surface area contributed by atoms with Crippen molar-refractivity contribution in [1.29, 1.82) is 0 Å². The molecule has 0 heterocycles. The molecule has 0 aromatic heterocycles. The van der Waals surface area contributed by atoms with Crippen LogP contribution in [0.4, 0.5) is 0 Å². The van der Waals surface area contributed by atoms with Crippen LogP contribution in [0.15, 0.2) is 38.0 Å². The van der Waals surface area contributed by atoms with Gasteiger partial charge >= 0.3 is 11.9 Å². The predicted molar refractivity (Wildman–Crippen MR) is 77.7 cm³/mol. The number of esters is 2. The van der Waals surface area contributed by atoms with Crippen molar-refractivity contribution < 1.29 is 19.1 Å². The molecule has 0 atom stereocenters. The third-order valence-electron chi connectivity index (χ3n) is 2.81. The summed E-state index contributed by atoms with van der Waals surface area (Å²) < 4.78 is 10.3. The zero-order chi connectivity index (χ0) is 15.3. The molecular formula is C16H16O4. The molecule has 0 aliphatic rings. The fraction of sp³-hybridized carbons (Fsp3) is 0.125. The van der Waals surface area contributed by atoms with Gasteiger partial charge in [0.2, 0.25) is 0 Å². The molecule has 4 heteroatoms. The number of carbonyl (C=O) groups excluding carboxylic acids is 2. The lowest BCUT2D eigenvalue weighted by atomic mass is 10.0. The summed E-state index contributed by atoms with van der Waals surface area (Å²) in [5, 5.41) is 0. The van der Waals surface area contributed by atoms with Gasteiger partial charge in [-0.3, -0.25) is 0 Å². The summed E-state index contributed by atoms with van der Waals surface area (Å²) in [6.45, 7) is 14.0. The Bertz CT molecular complexity index is 597. The van der Waals surface area contributed by atoms with Crippen LogP contribution < -0.4 is 9.47 Å². The third kappa shape index (κ3) is 3.23. The van der Waals surface area contributed by atoms with E-state index < -0.39 is 11.9 Å². The lowest BCUT2D eigenvalue weighted by Crippen LogP contribution is -2.10. The number of benzene rings is 1. The summed E-state index contributed by atoms with van der Waals surface area (Å²) in [4.78, 5) is 22.7. The fourth-order valence-electron chi connectivity index (χ4n) is 1.59. The van der Waals surface area contributed by atoms with Gasteiger partial charge in [-0.25, -0.2) is 9.59 Å². The summed E-state index contributed by atoms with van der Waals surface area (Å²) in [5.41, 5.74) is 2.35. The minimum Gasteiger partial charge on any atom is -0.419 e. The number of carbonyl (C=O) groups is 2. The first kappa shape index (κ1) is 15.4. The maximum Gasteiger partial charge on any atom is 0.335 e. The molecule has 1 rings (SSSR count). The Labute approximate surface area is 118 Å². The van der Waals surface area contributed by atoms with Crippen LogP contribution in [-0.2, 0) is 9.59 Å². The quantitative estimate of drug-likeness (QED) is 0.469. The summed E-state index contributed by atoms with van der Waals surface area (Å²) >= 11 is 0. The minimum atomic E-state index is -0.640. The SMILES string of the molecule is C=CC(=O)Oc1cc(C=C)c(C)c(C)c1OC(=O)C=C. The van der Waals surface area contributed by atoms with Gasteiger partial charge in [0.05, 0.1) is 0 Å². The summed E-state index contributed by atoms with van der Waals surface area (Å²) in [7, 11) is 0. The van der Waals surface area contributed by atoms with E-state index in [0.29, 0.717) is 5.56 Å². The monoisotopic (exact) mass is 272 g/mol. The first-order valence-corrected chi connectivity index (χ1v) is 5.89. The topological polar surface area (TPSA) is 52.6 Å². The van der Waals surface area contributed by atoms with Gasteiger partial charge in [-0.05, 0) is 36.6 Å². The molecular weight excluding hydrogens is 256 g/mol. The zero-order valence-electron chi connectivity index (χ0n) is 11.6. The highest BCUT2D eigenvalue weighted by atomic mass is 16.6. The minimum absolute atomic E-state index is 0.142. The standard InChI is InChI=1S/C16H16O4/c1-6-12-9-13(19-14(17)7-2)16(11(5)10(12)4)20-15(18)8-3/h6-9H,1-3H2,4-5H3. The molecule has 0 bridgehead atoms. The van der Waals surface area contributed by atoms with Crippen LogP contribution in [-0.4, -0.2) is 11.9 Å². The summed E-state index contributed by atoms with van der Waals surface area (Å²) in [6.07, 6.45) is 3.70. The van der Waals surface area contributed by atoms with E-state index in [0.717, 1.165) is 23.3 Å². The Kier molecular flexibility index (Phi) is 5.03. The molecule has 0 radical (unpaired) electrons. The van der Waals surface area contributed by atoms with Crippen LogP contribution in [0.3, 0.4) is 0 Å². The van der Waals surface area contributed by atoms with Crippen LogP contribution in [0, 0.1) is 13.8 Å². The van der Waals surface area contributed by atoms with Gasteiger partial charge in [-0.1, -0.05) is 25.8 Å². The molecule has 0 amide bonds. The lowest BCUT2D eigenvalue weighted by Gasteiger charge is -2.15. The van der Waals surface area contributed by atoms with Crippen LogP contribution in [0.1, 0.15) is 16.7 Å². The normalized spacial score (nSPS) is 9.50. The zero-order valence-corrected chi connectivity index (χ0v) is 11.6. The first-order valence-electron chi connectivity index (χ1n) is 5.89. The molecule has 0 saturated heterocycles. The molecule has 0 aliphatic carbocycles. The first-order chi connectivity index (χ1) is 9.44. The van der Waals surface area contributed by atoms with Gasteiger partial charge in [0.25, 0.3) is 0 Å². The Morgan fingerprint density at radius 1 is 1.00 bits per heavy atom. The molecule has 20 heavy (non-hydrogen) atoms. The van der Waals surface area contributed by atoms with Crippen molar-refractivity contribution in [1.82, 2.24) is 0 Å². The highest BCUT2D eigenvalue weighted by Gasteiger charge is 2.17. The molecule has 0 spiro atoms. The maximum absolute atomic E-state index is 11.4. The Hall–Kier alpha value is -2.62. The molecule has 1 aromatic rings. The van der Waals surface area contributed by atoms with Gasteiger partial charge in [0.1, 0.15) is 0 Å². The van der Waals surface area contributed by atoms with Crippen molar-refractivity contribution in [2.75, 3.05) is 0 Å². The van der Waals surface area contributed by atoms with Crippen molar-refractivity contribution in [3.8, 4) is 11.5 Å². The molecule has 104 valence electrons. The van der Waals surface area contributed by atoms with Crippen molar-refractivity contribution in [2.45, 2.75) is 13.8 Å².